The predicted octanol–water partition coefficient (Wildman–Crippen LogP) is 2.20. The lowest BCUT2D eigenvalue weighted by Gasteiger charge is -2.23. The van der Waals surface area contributed by atoms with E-state index < -0.39 is 10.7 Å². The van der Waals surface area contributed by atoms with Gasteiger partial charge in [-0.25, -0.2) is 4.39 Å². The first kappa shape index (κ1) is 11.0. The standard InChI is InChI=1S/C11H13FN2O2/c12-9-4-1-5-10(14(15)16)11(9)8-3-2-6-13-7-8/h1,4-5,8,13H,2-3,6-7H2. The first-order valence-electron chi connectivity index (χ1n) is 5.33. The van der Waals surface area contributed by atoms with Crippen LogP contribution in [0, 0.1) is 15.9 Å². The minimum atomic E-state index is -0.507. The van der Waals surface area contributed by atoms with Gasteiger partial charge < -0.3 is 5.32 Å². The zero-order chi connectivity index (χ0) is 11.5. The monoisotopic (exact) mass is 224 g/mol. The fourth-order valence-electron chi connectivity index (χ4n) is 2.19. The number of piperidine rings is 1. The van der Waals surface area contributed by atoms with Crippen molar-refractivity contribution in [1.29, 1.82) is 0 Å². The van der Waals surface area contributed by atoms with Crippen LogP contribution in [0.25, 0.3) is 0 Å². The molecule has 1 atom stereocenters. The maximum atomic E-state index is 13.7. The summed E-state index contributed by atoms with van der Waals surface area (Å²) in [6.07, 6.45) is 1.73. The predicted molar refractivity (Wildman–Crippen MR) is 57.9 cm³/mol. The Labute approximate surface area is 92.6 Å². The summed E-state index contributed by atoms with van der Waals surface area (Å²) >= 11 is 0. The number of rotatable bonds is 2. The van der Waals surface area contributed by atoms with Crippen LogP contribution in [0.5, 0.6) is 0 Å². The zero-order valence-electron chi connectivity index (χ0n) is 8.78. The van der Waals surface area contributed by atoms with E-state index in [-0.39, 0.29) is 17.2 Å². The normalized spacial score (nSPS) is 20.7. The highest BCUT2D eigenvalue weighted by Crippen LogP contribution is 2.32. The first-order chi connectivity index (χ1) is 7.70. The number of halogens is 1. The van der Waals surface area contributed by atoms with E-state index in [9.17, 15) is 14.5 Å². The van der Waals surface area contributed by atoms with Crippen LogP contribution in [-0.2, 0) is 0 Å². The van der Waals surface area contributed by atoms with Crippen molar-refractivity contribution < 1.29 is 9.31 Å². The SMILES string of the molecule is O=[N+]([O-])c1cccc(F)c1C1CCCNC1. The molecule has 0 aromatic heterocycles. The van der Waals surface area contributed by atoms with Gasteiger partial charge in [0, 0.05) is 18.5 Å². The zero-order valence-corrected chi connectivity index (χ0v) is 8.78. The van der Waals surface area contributed by atoms with Crippen molar-refractivity contribution in [3.63, 3.8) is 0 Å². The molecule has 0 spiro atoms. The molecular weight excluding hydrogens is 211 g/mol. The van der Waals surface area contributed by atoms with Crippen molar-refractivity contribution in [1.82, 2.24) is 5.32 Å². The lowest BCUT2D eigenvalue weighted by Crippen LogP contribution is -2.29. The van der Waals surface area contributed by atoms with Gasteiger partial charge in [0.2, 0.25) is 0 Å². The minimum absolute atomic E-state index is 0.0876. The number of nitrogens with one attached hydrogen (secondary N) is 1. The van der Waals surface area contributed by atoms with Crippen molar-refractivity contribution in [3.05, 3.63) is 39.7 Å². The van der Waals surface area contributed by atoms with Crippen LogP contribution in [-0.4, -0.2) is 18.0 Å². The van der Waals surface area contributed by atoms with E-state index >= 15 is 0 Å². The molecule has 0 amide bonds. The Morgan fingerprint density at radius 1 is 1.50 bits per heavy atom. The van der Waals surface area contributed by atoms with E-state index in [4.69, 9.17) is 0 Å². The van der Waals surface area contributed by atoms with Gasteiger partial charge in [0.25, 0.3) is 5.69 Å². The molecule has 1 fully saturated rings. The fourth-order valence-corrected chi connectivity index (χ4v) is 2.19. The first-order valence-corrected chi connectivity index (χ1v) is 5.33. The summed E-state index contributed by atoms with van der Waals surface area (Å²) in [6.45, 7) is 1.51. The van der Waals surface area contributed by atoms with Crippen LogP contribution in [0.4, 0.5) is 10.1 Å². The number of nitro groups is 1. The van der Waals surface area contributed by atoms with Crippen LogP contribution in [0.2, 0.25) is 0 Å². The van der Waals surface area contributed by atoms with Crippen molar-refractivity contribution >= 4 is 5.69 Å². The van der Waals surface area contributed by atoms with E-state index in [0.717, 1.165) is 19.4 Å². The van der Waals surface area contributed by atoms with Gasteiger partial charge in [0.1, 0.15) is 5.82 Å². The molecule has 4 nitrogen and oxygen atoms in total. The average Bonchev–Trinajstić information content (AvgIpc) is 2.29. The van der Waals surface area contributed by atoms with Crippen LogP contribution < -0.4 is 5.32 Å². The molecular formula is C11H13FN2O2. The summed E-state index contributed by atoms with van der Waals surface area (Å²) in [5, 5.41) is 14.0. The quantitative estimate of drug-likeness (QED) is 0.619. The molecule has 16 heavy (non-hydrogen) atoms. The molecule has 1 aromatic rings. The molecule has 1 heterocycles. The summed E-state index contributed by atoms with van der Waals surface area (Å²) in [7, 11) is 0. The Morgan fingerprint density at radius 3 is 2.94 bits per heavy atom. The summed E-state index contributed by atoms with van der Waals surface area (Å²) in [4.78, 5) is 10.3. The Morgan fingerprint density at radius 2 is 2.31 bits per heavy atom. The van der Waals surface area contributed by atoms with Crippen molar-refractivity contribution in [3.8, 4) is 0 Å². The molecule has 5 heteroatoms. The molecule has 1 aliphatic rings. The van der Waals surface area contributed by atoms with Crippen LogP contribution in [0.15, 0.2) is 18.2 Å². The second kappa shape index (κ2) is 4.57. The maximum absolute atomic E-state index is 13.7. The lowest BCUT2D eigenvalue weighted by atomic mass is 9.90. The molecule has 1 N–H and O–H groups in total. The minimum Gasteiger partial charge on any atom is -0.316 e. The van der Waals surface area contributed by atoms with E-state index in [1.165, 1.54) is 18.2 Å². The number of nitrogens with zero attached hydrogens (tertiary/aromatic N) is 1. The highest BCUT2D eigenvalue weighted by Gasteiger charge is 2.26. The number of hydrogen-bond donors (Lipinski definition) is 1. The molecule has 0 saturated carbocycles. The van der Waals surface area contributed by atoms with E-state index in [0.29, 0.717) is 6.54 Å². The molecule has 0 bridgehead atoms. The largest absolute Gasteiger partial charge is 0.316 e. The molecule has 1 saturated heterocycles. The smallest absolute Gasteiger partial charge is 0.275 e. The van der Waals surface area contributed by atoms with Gasteiger partial charge in [-0.05, 0) is 25.5 Å². The van der Waals surface area contributed by atoms with E-state index in [1.807, 2.05) is 0 Å². The van der Waals surface area contributed by atoms with Crippen LogP contribution in [0.3, 0.4) is 0 Å². The molecule has 1 unspecified atom stereocenters. The second-order valence-corrected chi connectivity index (χ2v) is 3.97. The second-order valence-electron chi connectivity index (χ2n) is 3.97. The molecule has 86 valence electrons. The lowest BCUT2D eigenvalue weighted by molar-refractivity contribution is -0.386. The molecule has 1 aliphatic heterocycles. The van der Waals surface area contributed by atoms with Gasteiger partial charge >= 0.3 is 0 Å². The van der Waals surface area contributed by atoms with Gasteiger partial charge in [-0.2, -0.15) is 0 Å². The van der Waals surface area contributed by atoms with Crippen molar-refractivity contribution in [2.24, 2.45) is 0 Å². The van der Waals surface area contributed by atoms with Gasteiger partial charge in [-0.15, -0.1) is 0 Å². The van der Waals surface area contributed by atoms with Gasteiger partial charge in [0.15, 0.2) is 0 Å². The molecule has 2 rings (SSSR count). The highest BCUT2D eigenvalue weighted by atomic mass is 19.1. The third-order valence-electron chi connectivity index (χ3n) is 2.93. The average molecular weight is 224 g/mol. The maximum Gasteiger partial charge on any atom is 0.275 e. The van der Waals surface area contributed by atoms with Crippen LogP contribution >= 0.6 is 0 Å². The van der Waals surface area contributed by atoms with Gasteiger partial charge in [-0.1, -0.05) is 6.07 Å². The number of hydrogen-bond acceptors (Lipinski definition) is 3. The summed E-state index contributed by atoms with van der Waals surface area (Å²) in [5.41, 5.74) is 0.147. The summed E-state index contributed by atoms with van der Waals surface area (Å²) in [6, 6.07) is 4.04. The van der Waals surface area contributed by atoms with Gasteiger partial charge in [0.05, 0.1) is 10.5 Å². The Hall–Kier alpha value is -1.49. The summed E-state index contributed by atoms with van der Waals surface area (Å²) < 4.78 is 13.7. The third kappa shape index (κ3) is 2.04. The van der Waals surface area contributed by atoms with E-state index in [2.05, 4.69) is 5.32 Å². The Kier molecular flexibility index (Phi) is 3.14. The van der Waals surface area contributed by atoms with Crippen LogP contribution in [0.1, 0.15) is 24.3 Å². The Balaban J connectivity index is 2.40. The third-order valence-corrected chi connectivity index (χ3v) is 2.93. The van der Waals surface area contributed by atoms with Gasteiger partial charge in [-0.3, -0.25) is 10.1 Å². The molecule has 0 aliphatic carbocycles. The fraction of sp³-hybridized carbons (Fsp3) is 0.455. The molecule has 1 aromatic carbocycles. The number of benzene rings is 1. The van der Waals surface area contributed by atoms with Crippen molar-refractivity contribution in [2.75, 3.05) is 13.1 Å². The molecule has 0 radical (unpaired) electrons. The van der Waals surface area contributed by atoms with E-state index in [1.54, 1.807) is 0 Å². The Bertz CT molecular complexity index is 403. The van der Waals surface area contributed by atoms with Crippen molar-refractivity contribution in [2.45, 2.75) is 18.8 Å². The summed E-state index contributed by atoms with van der Waals surface area (Å²) in [5.74, 6) is -0.557. The highest BCUT2D eigenvalue weighted by molar-refractivity contribution is 5.43. The number of nitro benzene ring substituents is 1. The topological polar surface area (TPSA) is 55.2 Å².